The maximum Gasteiger partial charge on any atom is 0.472 e. The third kappa shape index (κ3) is 65.4. The Hall–Kier alpha value is -1.77. The summed E-state index contributed by atoms with van der Waals surface area (Å²) < 4.78 is 34.7. The van der Waals surface area contributed by atoms with E-state index in [-0.39, 0.29) is 25.6 Å². The highest BCUT2D eigenvalue weighted by molar-refractivity contribution is 7.47. The topological polar surface area (TPSA) is 108 Å². The highest BCUT2D eigenvalue weighted by atomic mass is 31.2. The average molecular weight is 1150 g/mol. The van der Waals surface area contributed by atoms with E-state index in [1.54, 1.807) is 0 Å². The predicted octanol–water partition coefficient (Wildman–Crippen LogP) is 22.3. The maximum atomic E-state index is 12.8. The Morgan fingerprint density at radius 3 is 1.00 bits per heavy atom. The number of ether oxygens (including phenoxy) is 2. The third-order valence-electron chi connectivity index (χ3n) is 15.6. The molecule has 80 heavy (non-hydrogen) atoms. The molecule has 2 atom stereocenters. The molecule has 0 aliphatic rings. The fourth-order valence-corrected chi connectivity index (χ4v) is 11.0. The molecular formula is C70H135NO8P+. The van der Waals surface area contributed by atoms with Crippen LogP contribution in [0.3, 0.4) is 0 Å². The highest BCUT2D eigenvalue weighted by Gasteiger charge is 2.27. The van der Waals surface area contributed by atoms with Gasteiger partial charge in [0.05, 0.1) is 27.7 Å². The minimum Gasteiger partial charge on any atom is -0.462 e. The van der Waals surface area contributed by atoms with Crippen molar-refractivity contribution < 1.29 is 42.1 Å². The van der Waals surface area contributed by atoms with Gasteiger partial charge in [-0.3, -0.25) is 18.6 Å². The number of quaternary nitrogens is 1. The molecule has 1 N–H and O–H groups in total. The minimum absolute atomic E-state index is 0.0327. The van der Waals surface area contributed by atoms with Crippen molar-refractivity contribution >= 4 is 19.8 Å². The fraction of sp³-hybridized carbons (Fsp3) is 0.886. The van der Waals surface area contributed by atoms with Gasteiger partial charge in [-0.05, 0) is 70.6 Å². The molecule has 0 aromatic heterocycles. The third-order valence-corrected chi connectivity index (χ3v) is 16.6. The standard InChI is InChI=1S/C70H134NO8P/c1-6-8-10-12-14-16-18-20-22-24-26-28-29-30-31-32-33-34-35-36-37-38-39-40-41-43-44-46-48-50-52-54-56-58-60-62-69(72)76-66-68(67-78-80(74,75)77-65-64-71(3,4)5)79-70(73)63-61-59-57-55-53-51-49-47-45-42-27-25-23-21-19-17-15-13-11-9-7-2/h19,21,24-27,68H,6-18,20,22-23,28-67H2,1-5H3/p+1/b21-19-,26-24-,27-25-. The lowest BCUT2D eigenvalue weighted by Crippen LogP contribution is -2.37. The lowest BCUT2D eigenvalue weighted by molar-refractivity contribution is -0.870. The number of carbonyl (C=O) groups is 2. The summed E-state index contributed by atoms with van der Waals surface area (Å²) in [5, 5.41) is 0. The second-order valence-corrected chi connectivity index (χ2v) is 26.4. The maximum absolute atomic E-state index is 12.8. The van der Waals surface area contributed by atoms with E-state index in [0.29, 0.717) is 23.9 Å². The van der Waals surface area contributed by atoms with Crippen molar-refractivity contribution in [3.8, 4) is 0 Å². The Labute approximate surface area is 497 Å². The summed E-state index contributed by atoms with van der Waals surface area (Å²) >= 11 is 0. The molecule has 0 aliphatic carbocycles. The number of hydrogen-bond donors (Lipinski definition) is 1. The molecule has 0 rings (SSSR count). The quantitative estimate of drug-likeness (QED) is 0.0211. The van der Waals surface area contributed by atoms with Gasteiger partial charge in [-0.15, -0.1) is 0 Å². The monoisotopic (exact) mass is 1150 g/mol. The smallest absolute Gasteiger partial charge is 0.462 e. The van der Waals surface area contributed by atoms with E-state index in [9.17, 15) is 19.0 Å². The van der Waals surface area contributed by atoms with Gasteiger partial charge in [0.15, 0.2) is 6.10 Å². The number of likely N-dealkylation sites (N-methyl/N-ethyl adjacent to an activating group) is 1. The van der Waals surface area contributed by atoms with Crippen LogP contribution in [0.25, 0.3) is 0 Å². The number of nitrogens with zero attached hydrogens (tertiary/aromatic N) is 1. The Morgan fingerprint density at radius 2 is 0.675 bits per heavy atom. The van der Waals surface area contributed by atoms with Gasteiger partial charge in [0.25, 0.3) is 0 Å². The normalized spacial score (nSPS) is 13.3. The summed E-state index contributed by atoms with van der Waals surface area (Å²) in [7, 11) is 1.49. The van der Waals surface area contributed by atoms with Crippen LogP contribution < -0.4 is 0 Å². The molecule has 0 fully saturated rings. The number of unbranched alkanes of at least 4 members (excludes halogenated alkanes) is 45. The van der Waals surface area contributed by atoms with Crippen LogP contribution in [0.5, 0.6) is 0 Å². The van der Waals surface area contributed by atoms with E-state index < -0.39 is 26.5 Å². The van der Waals surface area contributed by atoms with E-state index in [1.807, 2.05) is 21.1 Å². The van der Waals surface area contributed by atoms with E-state index in [1.165, 1.54) is 270 Å². The van der Waals surface area contributed by atoms with Crippen molar-refractivity contribution in [1.82, 2.24) is 0 Å². The molecule has 0 radical (unpaired) electrons. The Kier molecular flexibility index (Phi) is 60.4. The molecule has 9 nitrogen and oxygen atoms in total. The molecule has 10 heteroatoms. The van der Waals surface area contributed by atoms with Crippen LogP contribution >= 0.6 is 7.82 Å². The first kappa shape index (κ1) is 78.2. The van der Waals surface area contributed by atoms with E-state index in [2.05, 4.69) is 50.3 Å². The van der Waals surface area contributed by atoms with Crippen molar-refractivity contribution in [2.24, 2.45) is 0 Å². The van der Waals surface area contributed by atoms with Crippen LogP contribution in [0.2, 0.25) is 0 Å². The van der Waals surface area contributed by atoms with Gasteiger partial charge in [0, 0.05) is 12.8 Å². The predicted molar refractivity (Wildman–Crippen MR) is 344 cm³/mol. The van der Waals surface area contributed by atoms with Crippen LogP contribution in [0.15, 0.2) is 36.5 Å². The molecule has 0 saturated carbocycles. The summed E-state index contributed by atoms with van der Waals surface area (Å²) in [6, 6.07) is 0. The highest BCUT2D eigenvalue weighted by Crippen LogP contribution is 2.43. The number of phosphoric acid groups is 1. The molecule has 0 aromatic carbocycles. The minimum atomic E-state index is -4.39. The van der Waals surface area contributed by atoms with Crippen molar-refractivity contribution in [2.45, 2.75) is 354 Å². The number of hydrogen-bond acceptors (Lipinski definition) is 7. The number of allylic oxidation sites excluding steroid dienone is 6. The largest absolute Gasteiger partial charge is 0.472 e. The van der Waals surface area contributed by atoms with Crippen LogP contribution in [0.4, 0.5) is 0 Å². The Balaban J connectivity index is 3.95. The van der Waals surface area contributed by atoms with Crippen molar-refractivity contribution in [3.63, 3.8) is 0 Å². The van der Waals surface area contributed by atoms with Gasteiger partial charge >= 0.3 is 19.8 Å². The number of rotatable bonds is 65. The zero-order valence-electron chi connectivity index (χ0n) is 53.8. The second-order valence-electron chi connectivity index (χ2n) is 24.9. The van der Waals surface area contributed by atoms with E-state index >= 15 is 0 Å². The van der Waals surface area contributed by atoms with Crippen LogP contribution in [0, 0.1) is 0 Å². The summed E-state index contributed by atoms with van der Waals surface area (Å²) in [6.07, 6.45) is 78.3. The molecular weight excluding hydrogens is 1010 g/mol. The van der Waals surface area contributed by atoms with Crippen LogP contribution in [-0.2, 0) is 32.7 Å². The summed E-state index contributed by atoms with van der Waals surface area (Å²) in [5.41, 5.74) is 0. The summed E-state index contributed by atoms with van der Waals surface area (Å²) in [6.45, 7) is 4.48. The van der Waals surface area contributed by atoms with Crippen LogP contribution in [-0.4, -0.2) is 74.9 Å². The lowest BCUT2D eigenvalue weighted by Gasteiger charge is -2.24. The van der Waals surface area contributed by atoms with Gasteiger partial charge < -0.3 is 18.9 Å². The molecule has 0 heterocycles. The first-order valence-electron chi connectivity index (χ1n) is 34.7. The Bertz CT molecular complexity index is 1440. The fourth-order valence-electron chi connectivity index (χ4n) is 10.3. The Morgan fingerprint density at radius 1 is 0.388 bits per heavy atom. The molecule has 0 spiro atoms. The summed E-state index contributed by atoms with van der Waals surface area (Å²) in [5.74, 6) is -0.784. The molecule has 0 bridgehead atoms. The van der Waals surface area contributed by atoms with Crippen molar-refractivity contribution in [2.75, 3.05) is 47.5 Å². The van der Waals surface area contributed by atoms with Crippen LogP contribution in [0.1, 0.15) is 348 Å². The van der Waals surface area contributed by atoms with Gasteiger partial charge in [-0.25, -0.2) is 4.57 Å². The summed E-state index contributed by atoms with van der Waals surface area (Å²) in [4.78, 5) is 35.8. The molecule has 472 valence electrons. The number of esters is 2. The van der Waals surface area contributed by atoms with Gasteiger partial charge in [0.2, 0.25) is 0 Å². The average Bonchev–Trinajstić information content (AvgIpc) is 3.42. The van der Waals surface area contributed by atoms with E-state index in [0.717, 1.165) is 44.9 Å². The first-order valence-corrected chi connectivity index (χ1v) is 36.2. The first-order chi connectivity index (χ1) is 39.0. The zero-order valence-corrected chi connectivity index (χ0v) is 54.7. The van der Waals surface area contributed by atoms with Gasteiger partial charge in [-0.2, -0.15) is 0 Å². The van der Waals surface area contributed by atoms with Crippen molar-refractivity contribution in [3.05, 3.63) is 36.5 Å². The van der Waals surface area contributed by atoms with Crippen molar-refractivity contribution in [1.29, 1.82) is 0 Å². The van der Waals surface area contributed by atoms with Gasteiger partial charge in [0.1, 0.15) is 19.8 Å². The molecule has 2 unspecified atom stereocenters. The molecule has 0 amide bonds. The van der Waals surface area contributed by atoms with E-state index in [4.69, 9.17) is 18.5 Å². The van der Waals surface area contributed by atoms with Gasteiger partial charge in [-0.1, -0.05) is 301 Å². The molecule has 0 aliphatic heterocycles. The number of carbonyl (C=O) groups excluding carboxylic acids is 2. The second kappa shape index (κ2) is 61.8. The number of phosphoric ester groups is 1. The lowest BCUT2D eigenvalue weighted by atomic mass is 10.0. The zero-order chi connectivity index (χ0) is 58.4. The SMILES string of the molecule is CCCCCCC/C=C\C/C=C\CCCCCCCCCCCC(=O)OC(COC(=O)CCCCCCCCCCCCCCCCCCCCCCCCC/C=C\CCCCCCCCCC)COP(=O)(O)OCC[N+](C)(C)C. The molecule has 0 saturated heterocycles. The molecule has 0 aromatic rings.